The lowest BCUT2D eigenvalue weighted by molar-refractivity contribution is -0.116. The molecule has 1 atom stereocenters. The first-order valence-electron chi connectivity index (χ1n) is 9.61. The number of carbonyl (C=O) groups excluding carboxylic acids is 1. The number of halogens is 1. The molecule has 3 rings (SSSR count). The van der Waals surface area contributed by atoms with E-state index in [0.717, 1.165) is 32.1 Å². The molecule has 1 N–H and O–H groups in total. The molecule has 7 nitrogen and oxygen atoms in total. The van der Waals surface area contributed by atoms with Crippen LogP contribution in [0, 0.1) is 6.92 Å². The number of aryl methyl sites for hydroxylation is 1. The third kappa shape index (κ3) is 4.78. The first-order chi connectivity index (χ1) is 14.4. The second-order valence-corrected chi connectivity index (χ2v) is 11.0. The van der Waals surface area contributed by atoms with Gasteiger partial charge in [-0.25, -0.2) is 8.42 Å². The number of hydrogen-bond donors (Lipinski definition) is 1. The van der Waals surface area contributed by atoms with Crippen LogP contribution in [0.3, 0.4) is 0 Å². The molecule has 0 aliphatic carbocycles. The van der Waals surface area contributed by atoms with Crippen molar-refractivity contribution in [3.05, 3.63) is 56.7 Å². The number of benzene rings is 2. The van der Waals surface area contributed by atoms with Gasteiger partial charge in [0.05, 0.1) is 22.2 Å². The standard InChI is InChI=1S/C21H24ClN3O4S2/c1-12(2)24-17-9-8-16(11-19(17)30-21(24)27)23-20(26)14(4)25(31(5,28)29)18-10-15(22)7-6-13(18)3/h6-12,14H,1-5H3,(H,23,26)/t14-/m0/s1. The lowest BCUT2D eigenvalue weighted by Gasteiger charge is -2.29. The fraction of sp³-hybridized carbons (Fsp3) is 0.333. The monoisotopic (exact) mass is 481 g/mol. The molecule has 0 fully saturated rings. The Morgan fingerprint density at radius 2 is 1.84 bits per heavy atom. The molecule has 166 valence electrons. The zero-order valence-corrected chi connectivity index (χ0v) is 20.2. The molecular formula is C21H24ClN3O4S2. The van der Waals surface area contributed by atoms with Crippen molar-refractivity contribution in [2.75, 3.05) is 15.9 Å². The molecule has 0 aliphatic rings. The number of anilines is 2. The number of aromatic nitrogens is 1. The highest BCUT2D eigenvalue weighted by atomic mass is 35.5. The molecule has 0 unspecified atom stereocenters. The van der Waals surface area contributed by atoms with Gasteiger partial charge in [-0.05, 0) is 63.6 Å². The van der Waals surface area contributed by atoms with Crippen LogP contribution >= 0.6 is 22.9 Å². The molecular weight excluding hydrogens is 458 g/mol. The zero-order valence-electron chi connectivity index (χ0n) is 17.8. The second-order valence-electron chi connectivity index (χ2n) is 7.67. The Labute approximate surface area is 190 Å². The van der Waals surface area contributed by atoms with Gasteiger partial charge in [0.1, 0.15) is 6.04 Å². The van der Waals surface area contributed by atoms with Crippen LogP contribution in [0.4, 0.5) is 11.4 Å². The first kappa shape index (κ1) is 23.3. The minimum Gasteiger partial charge on any atom is -0.324 e. The Kier molecular flexibility index (Phi) is 6.50. The predicted molar refractivity (Wildman–Crippen MR) is 128 cm³/mol. The quantitative estimate of drug-likeness (QED) is 0.565. The van der Waals surface area contributed by atoms with Gasteiger partial charge in [0.2, 0.25) is 15.9 Å². The van der Waals surface area contributed by atoms with Crippen molar-refractivity contribution in [1.29, 1.82) is 0 Å². The number of carbonyl (C=O) groups is 1. The summed E-state index contributed by atoms with van der Waals surface area (Å²) in [4.78, 5) is 25.2. The van der Waals surface area contributed by atoms with E-state index in [-0.39, 0.29) is 10.9 Å². The van der Waals surface area contributed by atoms with Crippen molar-refractivity contribution in [2.45, 2.75) is 39.8 Å². The Hall–Kier alpha value is -2.36. The zero-order chi connectivity index (χ0) is 23.1. The molecule has 0 saturated heterocycles. The molecule has 0 saturated carbocycles. The van der Waals surface area contributed by atoms with Crippen molar-refractivity contribution >= 4 is 60.5 Å². The van der Waals surface area contributed by atoms with Crippen LogP contribution in [-0.4, -0.2) is 31.2 Å². The number of hydrogen-bond acceptors (Lipinski definition) is 5. The van der Waals surface area contributed by atoms with Gasteiger partial charge >= 0.3 is 4.87 Å². The van der Waals surface area contributed by atoms with Crippen molar-refractivity contribution in [2.24, 2.45) is 0 Å². The van der Waals surface area contributed by atoms with Gasteiger partial charge in [-0.2, -0.15) is 0 Å². The smallest absolute Gasteiger partial charge is 0.308 e. The van der Waals surface area contributed by atoms with Crippen molar-refractivity contribution in [1.82, 2.24) is 4.57 Å². The summed E-state index contributed by atoms with van der Waals surface area (Å²) in [5.41, 5.74) is 2.30. The Bertz CT molecular complexity index is 1310. The predicted octanol–water partition coefficient (Wildman–Crippen LogP) is 4.40. The maximum Gasteiger partial charge on any atom is 0.308 e. The van der Waals surface area contributed by atoms with Crippen LogP contribution in [0.15, 0.2) is 41.2 Å². The van der Waals surface area contributed by atoms with E-state index < -0.39 is 22.0 Å². The molecule has 0 bridgehead atoms. The molecule has 10 heteroatoms. The van der Waals surface area contributed by atoms with Crippen LogP contribution in [0.5, 0.6) is 0 Å². The summed E-state index contributed by atoms with van der Waals surface area (Å²) in [6.07, 6.45) is 1.05. The van der Waals surface area contributed by atoms with E-state index in [1.165, 1.54) is 13.0 Å². The van der Waals surface area contributed by atoms with E-state index in [4.69, 9.17) is 11.6 Å². The molecule has 1 aromatic heterocycles. The number of nitrogens with one attached hydrogen (secondary N) is 1. The molecule has 0 aliphatic heterocycles. The third-order valence-electron chi connectivity index (χ3n) is 4.89. The highest BCUT2D eigenvalue weighted by Crippen LogP contribution is 2.29. The topological polar surface area (TPSA) is 88.5 Å². The van der Waals surface area contributed by atoms with E-state index in [9.17, 15) is 18.0 Å². The molecule has 31 heavy (non-hydrogen) atoms. The summed E-state index contributed by atoms with van der Waals surface area (Å²) in [6.45, 7) is 7.14. The Morgan fingerprint density at radius 1 is 1.16 bits per heavy atom. The average molecular weight is 482 g/mol. The fourth-order valence-corrected chi connectivity index (χ4v) is 5.89. The molecule has 0 spiro atoms. The van der Waals surface area contributed by atoms with Gasteiger partial charge in [-0.3, -0.25) is 18.5 Å². The van der Waals surface area contributed by atoms with E-state index in [1.807, 2.05) is 13.8 Å². The summed E-state index contributed by atoms with van der Waals surface area (Å²) in [7, 11) is -3.77. The van der Waals surface area contributed by atoms with E-state index in [1.54, 1.807) is 41.8 Å². The number of nitrogens with zero attached hydrogens (tertiary/aromatic N) is 2. The van der Waals surface area contributed by atoms with E-state index in [0.29, 0.717) is 22.0 Å². The van der Waals surface area contributed by atoms with Crippen molar-refractivity contribution in [3.63, 3.8) is 0 Å². The minimum absolute atomic E-state index is 0.0194. The number of rotatable bonds is 6. The molecule has 0 radical (unpaired) electrons. The summed E-state index contributed by atoms with van der Waals surface area (Å²) in [5.74, 6) is -0.500. The minimum atomic E-state index is -3.77. The fourth-order valence-electron chi connectivity index (χ4n) is 3.45. The SMILES string of the molecule is Cc1ccc(Cl)cc1N([C@@H](C)C(=O)Nc1ccc2c(c1)sc(=O)n2C(C)C)S(C)(=O)=O. The molecule has 1 heterocycles. The maximum atomic E-state index is 13.0. The number of fused-ring (bicyclic) bond motifs is 1. The Morgan fingerprint density at radius 3 is 2.45 bits per heavy atom. The molecule has 3 aromatic rings. The molecule has 2 aromatic carbocycles. The summed E-state index contributed by atoms with van der Waals surface area (Å²) in [5, 5.41) is 3.14. The van der Waals surface area contributed by atoms with E-state index in [2.05, 4.69) is 5.32 Å². The normalized spacial score (nSPS) is 12.9. The van der Waals surface area contributed by atoms with Crippen LogP contribution < -0.4 is 14.5 Å². The number of amides is 1. The average Bonchev–Trinajstić information content (AvgIpc) is 2.98. The lowest BCUT2D eigenvalue weighted by Crippen LogP contribution is -2.45. The second kappa shape index (κ2) is 8.64. The lowest BCUT2D eigenvalue weighted by atomic mass is 10.1. The summed E-state index contributed by atoms with van der Waals surface area (Å²) in [6, 6.07) is 9.09. The summed E-state index contributed by atoms with van der Waals surface area (Å²) >= 11 is 7.17. The number of sulfonamides is 1. The van der Waals surface area contributed by atoms with Gasteiger partial charge < -0.3 is 5.32 Å². The third-order valence-corrected chi connectivity index (χ3v) is 7.28. The van der Waals surface area contributed by atoms with Gasteiger partial charge in [0, 0.05) is 16.8 Å². The first-order valence-corrected chi connectivity index (χ1v) is 12.7. The van der Waals surface area contributed by atoms with Crippen LogP contribution in [-0.2, 0) is 14.8 Å². The Balaban J connectivity index is 1.94. The number of thiazole rings is 1. The van der Waals surface area contributed by atoms with Gasteiger partial charge in [0.25, 0.3) is 0 Å². The van der Waals surface area contributed by atoms with Crippen LogP contribution in [0.2, 0.25) is 5.02 Å². The summed E-state index contributed by atoms with van der Waals surface area (Å²) < 4.78 is 28.6. The van der Waals surface area contributed by atoms with Gasteiger partial charge in [-0.15, -0.1) is 0 Å². The van der Waals surface area contributed by atoms with E-state index >= 15 is 0 Å². The maximum absolute atomic E-state index is 13.0. The van der Waals surface area contributed by atoms with Gasteiger partial charge in [0.15, 0.2) is 0 Å². The molecule has 1 amide bonds. The highest BCUT2D eigenvalue weighted by molar-refractivity contribution is 7.92. The van der Waals surface area contributed by atoms with Gasteiger partial charge in [-0.1, -0.05) is 29.0 Å². The van der Waals surface area contributed by atoms with Crippen molar-refractivity contribution < 1.29 is 13.2 Å². The largest absolute Gasteiger partial charge is 0.324 e. The van der Waals surface area contributed by atoms with Crippen LogP contribution in [0.25, 0.3) is 10.2 Å². The van der Waals surface area contributed by atoms with Crippen LogP contribution in [0.1, 0.15) is 32.4 Å². The highest BCUT2D eigenvalue weighted by Gasteiger charge is 2.30. The van der Waals surface area contributed by atoms with Crippen molar-refractivity contribution in [3.8, 4) is 0 Å².